The molecule has 0 radical (unpaired) electrons. The van der Waals surface area contributed by atoms with Crippen molar-refractivity contribution >= 4 is 38.1 Å². The molecule has 19 heavy (non-hydrogen) atoms. The number of hydrogen-bond donors (Lipinski definition) is 1. The first kappa shape index (κ1) is 13.1. The van der Waals surface area contributed by atoms with Crippen molar-refractivity contribution in [3.05, 3.63) is 39.3 Å². The van der Waals surface area contributed by atoms with Gasteiger partial charge in [0.05, 0.1) is 16.7 Å². The molecule has 2 aromatic rings. The van der Waals surface area contributed by atoms with Crippen molar-refractivity contribution in [2.75, 3.05) is 12.4 Å². The summed E-state index contributed by atoms with van der Waals surface area (Å²) in [6.45, 7) is 0. The third kappa shape index (κ3) is 2.83. The van der Waals surface area contributed by atoms with Crippen LogP contribution >= 0.6 is 27.3 Å². The number of benzene rings is 1. The van der Waals surface area contributed by atoms with Crippen LogP contribution in [0.25, 0.3) is 0 Å². The molecule has 1 atom stereocenters. The number of anilines is 2. The zero-order valence-electron chi connectivity index (χ0n) is 10.6. The van der Waals surface area contributed by atoms with E-state index in [9.17, 15) is 0 Å². The highest BCUT2D eigenvalue weighted by molar-refractivity contribution is 9.10. The zero-order valence-corrected chi connectivity index (χ0v) is 13.1. The Bertz CT molecular complexity index is 585. The second kappa shape index (κ2) is 5.61. The van der Waals surface area contributed by atoms with E-state index < -0.39 is 0 Å². The Kier molecular flexibility index (Phi) is 3.86. The van der Waals surface area contributed by atoms with Crippen LogP contribution in [0.15, 0.2) is 28.7 Å². The highest BCUT2D eigenvalue weighted by Gasteiger charge is 2.24. The van der Waals surface area contributed by atoms with Crippen LogP contribution < -0.4 is 5.32 Å². The Balaban J connectivity index is 1.85. The maximum Gasteiger partial charge on any atom is 0.187 e. The third-order valence-corrected chi connectivity index (χ3v) is 4.86. The molecule has 3 nitrogen and oxygen atoms in total. The molecule has 0 saturated heterocycles. The van der Waals surface area contributed by atoms with E-state index in [2.05, 4.69) is 26.2 Å². The molecule has 100 valence electrons. The largest absolute Gasteiger partial charge is 0.376 e. The molecule has 0 aliphatic heterocycles. The number of halogens is 1. The molecular weight excluding hydrogens is 324 g/mol. The molecule has 0 saturated carbocycles. The number of fused-ring (bicyclic) bond motifs is 1. The maximum absolute atomic E-state index is 5.54. The van der Waals surface area contributed by atoms with Gasteiger partial charge in [0.25, 0.3) is 0 Å². The van der Waals surface area contributed by atoms with Crippen LogP contribution in [-0.4, -0.2) is 12.1 Å². The number of aryl methyl sites for hydroxylation is 1. The van der Waals surface area contributed by atoms with E-state index in [1.165, 1.54) is 10.6 Å². The van der Waals surface area contributed by atoms with Gasteiger partial charge in [0.15, 0.2) is 5.13 Å². The summed E-state index contributed by atoms with van der Waals surface area (Å²) >= 11 is 5.18. The number of thiazole rings is 1. The number of methoxy groups -OCH3 is 1. The van der Waals surface area contributed by atoms with E-state index in [1.807, 2.05) is 24.3 Å². The number of rotatable bonds is 3. The molecule has 1 aromatic heterocycles. The molecule has 1 heterocycles. The van der Waals surface area contributed by atoms with Crippen molar-refractivity contribution in [1.82, 2.24) is 4.98 Å². The molecule has 0 amide bonds. The average Bonchev–Trinajstić information content (AvgIpc) is 2.80. The van der Waals surface area contributed by atoms with Gasteiger partial charge in [-0.2, -0.15) is 0 Å². The van der Waals surface area contributed by atoms with Gasteiger partial charge in [0.2, 0.25) is 0 Å². The van der Waals surface area contributed by atoms with Gasteiger partial charge in [-0.05, 0) is 37.5 Å². The van der Waals surface area contributed by atoms with Crippen LogP contribution in [0.1, 0.15) is 29.5 Å². The molecular formula is C14H15BrN2OS. The van der Waals surface area contributed by atoms with Crippen LogP contribution in [0.2, 0.25) is 0 Å². The third-order valence-electron chi connectivity index (χ3n) is 3.26. The van der Waals surface area contributed by atoms with Gasteiger partial charge in [-0.25, -0.2) is 4.98 Å². The average molecular weight is 339 g/mol. The van der Waals surface area contributed by atoms with Crippen molar-refractivity contribution in [2.24, 2.45) is 0 Å². The minimum atomic E-state index is 0.222. The molecule has 1 N–H and O–H groups in total. The monoisotopic (exact) mass is 338 g/mol. The lowest BCUT2D eigenvalue weighted by molar-refractivity contribution is 0.0908. The van der Waals surface area contributed by atoms with Gasteiger partial charge >= 0.3 is 0 Å². The first-order valence-corrected chi connectivity index (χ1v) is 7.92. The summed E-state index contributed by atoms with van der Waals surface area (Å²) in [7, 11) is 1.78. The van der Waals surface area contributed by atoms with Crippen molar-refractivity contribution in [1.29, 1.82) is 0 Å². The number of aromatic nitrogens is 1. The molecule has 0 fully saturated rings. The predicted molar refractivity (Wildman–Crippen MR) is 82.2 cm³/mol. The summed E-state index contributed by atoms with van der Waals surface area (Å²) < 4.78 is 6.60. The van der Waals surface area contributed by atoms with Crippen LogP contribution in [0.5, 0.6) is 0 Å². The quantitative estimate of drug-likeness (QED) is 0.882. The lowest BCUT2D eigenvalue weighted by Gasteiger charge is -2.18. The van der Waals surface area contributed by atoms with Gasteiger partial charge in [0.1, 0.15) is 0 Å². The minimum Gasteiger partial charge on any atom is -0.376 e. The molecule has 0 spiro atoms. The normalized spacial score (nSPS) is 18.1. The lowest BCUT2D eigenvalue weighted by Crippen LogP contribution is -2.08. The highest BCUT2D eigenvalue weighted by atomic mass is 79.9. The number of nitrogens with zero attached hydrogens (tertiary/aromatic N) is 1. The van der Waals surface area contributed by atoms with Crippen molar-refractivity contribution < 1.29 is 4.74 Å². The van der Waals surface area contributed by atoms with E-state index in [1.54, 1.807) is 18.4 Å². The summed E-state index contributed by atoms with van der Waals surface area (Å²) in [6.07, 6.45) is 3.54. The Labute approximate surface area is 125 Å². The topological polar surface area (TPSA) is 34.1 Å². The van der Waals surface area contributed by atoms with Crippen LogP contribution in [0.4, 0.5) is 10.8 Å². The molecule has 1 aliphatic carbocycles. The van der Waals surface area contributed by atoms with E-state index >= 15 is 0 Å². The number of nitrogens with one attached hydrogen (secondary N) is 1. The molecule has 3 rings (SSSR count). The summed E-state index contributed by atoms with van der Waals surface area (Å²) in [5.74, 6) is 0. The second-order valence-corrected chi connectivity index (χ2v) is 6.53. The SMILES string of the molecule is COC1CCCc2nc(Nc3cccc(Br)c3)sc21. The summed E-state index contributed by atoms with van der Waals surface area (Å²) in [5.41, 5.74) is 2.25. The minimum absolute atomic E-state index is 0.222. The maximum atomic E-state index is 5.54. The number of hydrogen-bond acceptors (Lipinski definition) is 4. The zero-order chi connectivity index (χ0) is 13.2. The van der Waals surface area contributed by atoms with Gasteiger partial charge in [-0.3, -0.25) is 0 Å². The van der Waals surface area contributed by atoms with Crippen molar-refractivity contribution in [3.63, 3.8) is 0 Å². The van der Waals surface area contributed by atoms with Crippen LogP contribution in [0, 0.1) is 0 Å². The van der Waals surface area contributed by atoms with E-state index in [-0.39, 0.29) is 6.10 Å². The van der Waals surface area contributed by atoms with Crippen molar-refractivity contribution in [2.45, 2.75) is 25.4 Å². The Morgan fingerprint density at radius 3 is 3.16 bits per heavy atom. The highest BCUT2D eigenvalue weighted by Crippen LogP contribution is 2.38. The van der Waals surface area contributed by atoms with Gasteiger partial charge in [-0.1, -0.05) is 33.3 Å². The summed E-state index contributed by atoms with van der Waals surface area (Å²) in [4.78, 5) is 5.97. The Morgan fingerprint density at radius 1 is 1.47 bits per heavy atom. The molecule has 5 heteroatoms. The van der Waals surface area contributed by atoms with Crippen LogP contribution in [0.3, 0.4) is 0 Å². The standard InChI is InChI=1S/C14H15BrN2OS/c1-18-12-7-3-6-11-13(12)19-14(17-11)16-10-5-2-4-9(15)8-10/h2,4-5,8,12H,3,6-7H2,1H3,(H,16,17). The summed E-state index contributed by atoms with van der Waals surface area (Å²) in [6, 6.07) is 8.12. The predicted octanol–water partition coefficient (Wildman–Crippen LogP) is 4.67. The van der Waals surface area contributed by atoms with E-state index in [0.29, 0.717) is 0 Å². The van der Waals surface area contributed by atoms with Gasteiger partial charge in [-0.15, -0.1) is 0 Å². The first-order valence-electron chi connectivity index (χ1n) is 6.31. The molecule has 1 aliphatic rings. The van der Waals surface area contributed by atoms with Crippen molar-refractivity contribution in [3.8, 4) is 0 Å². The van der Waals surface area contributed by atoms with Crippen LogP contribution in [-0.2, 0) is 11.2 Å². The summed E-state index contributed by atoms with van der Waals surface area (Å²) in [5, 5.41) is 4.32. The fourth-order valence-corrected chi connectivity index (χ4v) is 3.89. The Hall–Kier alpha value is -0.910. The number of ether oxygens (including phenoxy) is 1. The molecule has 1 aromatic carbocycles. The fraction of sp³-hybridized carbons (Fsp3) is 0.357. The first-order chi connectivity index (χ1) is 9.26. The Morgan fingerprint density at radius 2 is 2.37 bits per heavy atom. The van der Waals surface area contributed by atoms with E-state index in [0.717, 1.165) is 34.6 Å². The second-order valence-electron chi connectivity index (χ2n) is 4.58. The van der Waals surface area contributed by atoms with Gasteiger partial charge in [0, 0.05) is 17.3 Å². The van der Waals surface area contributed by atoms with Gasteiger partial charge < -0.3 is 10.1 Å². The fourth-order valence-electron chi connectivity index (χ4n) is 2.35. The molecule has 1 unspecified atom stereocenters. The lowest BCUT2D eigenvalue weighted by atomic mass is 10.0. The smallest absolute Gasteiger partial charge is 0.187 e. The van der Waals surface area contributed by atoms with E-state index in [4.69, 9.17) is 4.74 Å². The molecule has 0 bridgehead atoms.